The van der Waals surface area contributed by atoms with Crippen LogP contribution in [0.4, 0.5) is 0 Å². The van der Waals surface area contributed by atoms with Crippen LogP contribution in [0, 0.1) is 0 Å². The Hall–Kier alpha value is -1.18. The second-order valence-electron chi connectivity index (χ2n) is 6.49. The van der Waals surface area contributed by atoms with Crippen LogP contribution in [-0.2, 0) is 6.54 Å². The van der Waals surface area contributed by atoms with Crippen LogP contribution in [0.1, 0.15) is 52.0 Å². The van der Waals surface area contributed by atoms with Crippen LogP contribution >= 0.6 is 24.0 Å². The lowest BCUT2D eigenvalue weighted by molar-refractivity contribution is 0.207. The fraction of sp³-hybridized carbons (Fsp3) is 0.632. The summed E-state index contributed by atoms with van der Waals surface area (Å²) in [7, 11) is 1.68. The lowest BCUT2D eigenvalue weighted by Gasteiger charge is -2.18. The van der Waals surface area contributed by atoms with E-state index in [1.807, 2.05) is 18.2 Å². The number of hydrogen-bond acceptors (Lipinski definition) is 3. The monoisotopic (exact) mass is 461 g/mol. The Balaban J connectivity index is 0.00000312. The van der Waals surface area contributed by atoms with E-state index in [1.165, 1.54) is 12.8 Å². The molecule has 25 heavy (non-hydrogen) atoms. The number of rotatable bonds is 7. The van der Waals surface area contributed by atoms with Crippen molar-refractivity contribution < 1.29 is 9.47 Å². The van der Waals surface area contributed by atoms with Crippen molar-refractivity contribution in [2.45, 2.75) is 65.1 Å². The van der Waals surface area contributed by atoms with Crippen LogP contribution in [0.2, 0.25) is 0 Å². The molecule has 2 rings (SSSR count). The Morgan fingerprint density at radius 1 is 1.28 bits per heavy atom. The first-order valence-electron chi connectivity index (χ1n) is 9.00. The van der Waals surface area contributed by atoms with Gasteiger partial charge in [-0.2, -0.15) is 0 Å². The molecule has 0 saturated heterocycles. The topological polar surface area (TPSA) is 54.9 Å². The molecule has 1 aromatic carbocycles. The number of methoxy groups -OCH3 is 1. The molecule has 2 N–H and O–H groups in total. The predicted octanol–water partition coefficient (Wildman–Crippen LogP) is 4.10. The average Bonchev–Trinajstić information content (AvgIpc) is 3.06. The molecule has 1 aromatic rings. The molecule has 1 fully saturated rings. The van der Waals surface area contributed by atoms with E-state index in [0.717, 1.165) is 42.4 Å². The number of halogens is 1. The highest BCUT2D eigenvalue weighted by Gasteiger charge is 2.18. The van der Waals surface area contributed by atoms with Gasteiger partial charge in [0.1, 0.15) is 11.5 Å². The number of hydrogen-bond donors (Lipinski definition) is 2. The number of nitrogens with zero attached hydrogens (tertiary/aromatic N) is 1. The quantitative estimate of drug-likeness (QED) is 0.365. The SMILES string of the molecule is CCNC(=NCc1ccc(OC)cc1OC1CCCC1)NC(C)C.I. The molecule has 142 valence electrons. The van der Waals surface area contributed by atoms with Crippen LogP contribution in [0.3, 0.4) is 0 Å². The second-order valence-corrected chi connectivity index (χ2v) is 6.49. The molecule has 0 unspecified atom stereocenters. The lowest BCUT2D eigenvalue weighted by Crippen LogP contribution is -2.41. The Bertz CT molecular complexity index is 543. The van der Waals surface area contributed by atoms with Gasteiger partial charge >= 0.3 is 0 Å². The van der Waals surface area contributed by atoms with Gasteiger partial charge < -0.3 is 20.1 Å². The van der Waals surface area contributed by atoms with Crippen molar-refractivity contribution in [3.8, 4) is 11.5 Å². The van der Waals surface area contributed by atoms with Crippen molar-refractivity contribution in [2.24, 2.45) is 4.99 Å². The van der Waals surface area contributed by atoms with Gasteiger partial charge in [0.2, 0.25) is 0 Å². The second kappa shape index (κ2) is 11.4. The summed E-state index contributed by atoms with van der Waals surface area (Å²) in [5.41, 5.74) is 1.09. The van der Waals surface area contributed by atoms with Gasteiger partial charge in [-0.05, 0) is 58.6 Å². The van der Waals surface area contributed by atoms with Crippen molar-refractivity contribution >= 4 is 29.9 Å². The van der Waals surface area contributed by atoms with E-state index in [9.17, 15) is 0 Å². The zero-order chi connectivity index (χ0) is 17.4. The molecule has 0 amide bonds. The summed E-state index contributed by atoms with van der Waals surface area (Å²) in [5, 5.41) is 6.61. The summed E-state index contributed by atoms with van der Waals surface area (Å²) in [5.74, 6) is 2.54. The summed E-state index contributed by atoms with van der Waals surface area (Å²) < 4.78 is 11.6. The lowest BCUT2D eigenvalue weighted by atomic mass is 10.2. The van der Waals surface area contributed by atoms with E-state index in [2.05, 4.69) is 36.4 Å². The van der Waals surface area contributed by atoms with E-state index in [-0.39, 0.29) is 24.0 Å². The molecule has 0 aromatic heterocycles. The van der Waals surface area contributed by atoms with Crippen molar-refractivity contribution in [3.63, 3.8) is 0 Å². The van der Waals surface area contributed by atoms with Crippen LogP contribution < -0.4 is 20.1 Å². The van der Waals surface area contributed by atoms with Gasteiger partial charge in [0, 0.05) is 24.2 Å². The minimum absolute atomic E-state index is 0. The summed E-state index contributed by atoms with van der Waals surface area (Å²) in [6.07, 6.45) is 5.10. The molecule has 0 aliphatic heterocycles. The number of nitrogens with one attached hydrogen (secondary N) is 2. The first-order valence-corrected chi connectivity index (χ1v) is 9.00. The van der Waals surface area contributed by atoms with E-state index < -0.39 is 0 Å². The zero-order valence-corrected chi connectivity index (χ0v) is 18.1. The van der Waals surface area contributed by atoms with Gasteiger partial charge in [-0.3, -0.25) is 0 Å². The van der Waals surface area contributed by atoms with E-state index in [1.54, 1.807) is 7.11 Å². The highest BCUT2D eigenvalue weighted by Crippen LogP contribution is 2.30. The minimum Gasteiger partial charge on any atom is -0.497 e. The average molecular weight is 461 g/mol. The summed E-state index contributed by atoms with van der Waals surface area (Å²) >= 11 is 0. The van der Waals surface area contributed by atoms with Gasteiger partial charge in [-0.25, -0.2) is 4.99 Å². The normalized spacial score (nSPS) is 15.0. The fourth-order valence-corrected chi connectivity index (χ4v) is 2.85. The summed E-state index contributed by atoms with van der Waals surface area (Å²) in [4.78, 5) is 4.69. The maximum absolute atomic E-state index is 6.23. The maximum atomic E-state index is 6.23. The summed E-state index contributed by atoms with van der Waals surface area (Å²) in [6, 6.07) is 6.33. The van der Waals surface area contributed by atoms with E-state index in [4.69, 9.17) is 9.47 Å². The van der Waals surface area contributed by atoms with Crippen molar-refractivity contribution in [1.82, 2.24) is 10.6 Å². The minimum atomic E-state index is 0. The Morgan fingerprint density at radius 2 is 2.00 bits per heavy atom. The Labute approximate surface area is 169 Å². The Kier molecular flexibility index (Phi) is 10.0. The third kappa shape index (κ3) is 7.30. The number of benzene rings is 1. The maximum Gasteiger partial charge on any atom is 0.191 e. The molecule has 0 bridgehead atoms. The zero-order valence-electron chi connectivity index (χ0n) is 15.8. The van der Waals surface area contributed by atoms with Crippen LogP contribution in [0.25, 0.3) is 0 Å². The van der Waals surface area contributed by atoms with Crippen LogP contribution in [0.5, 0.6) is 11.5 Å². The van der Waals surface area contributed by atoms with Gasteiger partial charge in [0.15, 0.2) is 5.96 Å². The van der Waals surface area contributed by atoms with Crippen LogP contribution in [0.15, 0.2) is 23.2 Å². The molecule has 0 radical (unpaired) electrons. The number of ether oxygens (including phenoxy) is 2. The molecular formula is C19H32IN3O2. The standard InChI is InChI=1S/C19H31N3O2.HI/c1-5-20-19(22-14(2)3)21-13-15-10-11-17(23-4)12-18(15)24-16-8-6-7-9-16;/h10-12,14,16H,5-9,13H2,1-4H3,(H2,20,21,22);1H. The van der Waals surface area contributed by atoms with Gasteiger partial charge in [0.05, 0.1) is 19.8 Å². The highest BCUT2D eigenvalue weighted by molar-refractivity contribution is 14.0. The van der Waals surface area contributed by atoms with Crippen LogP contribution in [-0.4, -0.2) is 31.8 Å². The first kappa shape index (κ1) is 21.9. The third-order valence-corrected chi connectivity index (χ3v) is 4.05. The summed E-state index contributed by atoms with van der Waals surface area (Å²) in [6.45, 7) is 7.70. The first-order chi connectivity index (χ1) is 11.6. The molecule has 0 atom stereocenters. The van der Waals surface area contributed by atoms with Crippen molar-refractivity contribution in [3.05, 3.63) is 23.8 Å². The molecule has 1 aliphatic carbocycles. The predicted molar refractivity (Wildman–Crippen MR) is 114 cm³/mol. The van der Waals surface area contributed by atoms with Gasteiger partial charge in [-0.15, -0.1) is 24.0 Å². The van der Waals surface area contributed by atoms with Gasteiger partial charge in [-0.1, -0.05) is 0 Å². The largest absolute Gasteiger partial charge is 0.497 e. The number of guanidine groups is 1. The van der Waals surface area contributed by atoms with Crippen molar-refractivity contribution in [2.75, 3.05) is 13.7 Å². The Morgan fingerprint density at radius 3 is 2.60 bits per heavy atom. The van der Waals surface area contributed by atoms with Gasteiger partial charge in [0.25, 0.3) is 0 Å². The highest BCUT2D eigenvalue weighted by atomic mass is 127. The fourth-order valence-electron chi connectivity index (χ4n) is 2.85. The molecule has 0 spiro atoms. The molecule has 1 saturated carbocycles. The number of aliphatic imine (C=N–C) groups is 1. The van der Waals surface area contributed by atoms with E-state index >= 15 is 0 Å². The molecule has 6 heteroatoms. The smallest absolute Gasteiger partial charge is 0.191 e. The molecule has 1 aliphatic rings. The van der Waals surface area contributed by atoms with E-state index in [0.29, 0.717) is 18.7 Å². The molecule has 0 heterocycles. The van der Waals surface area contributed by atoms with Crippen molar-refractivity contribution in [1.29, 1.82) is 0 Å². The molecular weight excluding hydrogens is 429 g/mol. The third-order valence-electron chi connectivity index (χ3n) is 4.05. The molecule has 5 nitrogen and oxygen atoms in total.